The predicted molar refractivity (Wildman–Crippen MR) is 81.3 cm³/mol. The molecule has 0 N–H and O–H groups in total. The Morgan fingerprint density at radius 3 is 2.96 bits per heavy atom. The Balaban J connectivity index is 1.52. The molecule has 8 heteroatoms. The molecule has 2 aliphatic rings. The fourth-order valence-electron chi connectivity index (χ4n) is 2.98. The lowest BCUT2D eigenvalue weighted by atomic mass is 10.2. The van der Waals surface area contributed by atoms with E-state index in [1.165, 1.54) is 6.39 Å². The quantitative estimate of drug-likeness (QED) is 0.846. The number of aromatic nitrogens is 3. The van der Waals surface area contributed by atoms with Crippen LogP contribution in [0.2, 0.25) is 0 Å². The first-order valence-corrected chi connectivity index (χ1v) is 8.36. The van der Waals surface area contributed by atoms with Crippen molar-refractivity contribution in [3.05, 3.63) is 29.6 Å². The average molecular weight is 332 g/mol. The van der Waals surface area contributed by atoms with E-state index in [9.17, 15) is 4.79 Å². The maximum Gasteiger partial charge on any atom is 0.276 e. The first-order chi connectivity index (χ1) is 11.7. The number of aryl methyl sites for hydroxylation is 1. The van der Waals surface area contributed by atoms with Gasteiger partial charge in [0.25, 0.3) is 11.8 Å². The number of ether oxygens (including phenoxy) is 1. The van der Waals surface area contributed by atoms with Crippen LogP contribution in [0.1, 0.15) is 66.7 Å². The number of rotatable bonds is 4. The van der Waals surface area contributed by atoms with Gasteiger partial charge >= 0.3 is 0 Å². The molecule has 1 aliphatic carbocycles. The van der Waals surface area contributed by atoms with Crippen molar-refractivity contribution in [3.8, 4) is 0 Å². The van der Waals surface area contributed by atoms with Crippen molar-refractivity contribution in [2.24, 2.45) is 0 Å². The van der Waals surface area contributed by atoms with Gasteiger partial charge in [0, 0.05) is 18.9 Å². The second kappa shape index (κ2) is 6.01. The number of carbonyl (C=O) groups is 1. The van der Waals surface area contributed by atoms with Crippen molar-refractivity contribution in [1.29, 1.82) is 0 Å². The lowest BCUT2D eigenvalue weighted by Gasteiger charge is -2.34. The number of nitrogens with zero attached hydrogens (tertiary/aromatic N) is 4. The maximum atomic E-state index is 12.8. The van der Waals surface area contributed by atoms with Gasteiger partial charge in [0.2, 0.25) is 0 Å². The highest BCUT2D eigenvalue weighted by atomic mass is 16.5. The van der Waals surface area contributed by atoms with Gasteiger partial charge in [-0.15, -0.1) is 0 Å². The summed E-state index contributed by atoms with van der Waals surface area (Å²) in [5, 5.41) is 4.03. The van der Waals surface area contributed by atoms with Crippen LogP contribution in [0.5, 0.6) is 0 Å². The van der Waals surface area contributed by atoms with Crippen molar-refractivity contribution in [2.75, 3.05) is 13.1 Å². The molecule has 2 atom stereocenters. The second-order valence-electron chi connectivity index (χ2n) is 6.39. The summed E-state index contributed by atoms with van der Waals surface area (Å²) in [7, 11) is 0. The molecule has 1 amide bonds. The third-order valence-corrected chi connectivity index (χ3v) is 4.39. The van der Waals surface area contributed by atoms with Crippen LogP contribution in [0, 0.1) is 0 Å². The van der Waals surface area contributed by atoms with Gasteiger partial charge in [0.1, 0.15) is 5.76 Å². The van der Waals surface area contributed by atoms with Gasteiger partial charge in [-0.1, -0.05) is 12.1 Å². The van der Waals surface area contributed by atoms with Gasteiger partial charge in [-0.2, -0.15) is 4.98 Å². The van der Waals surface area contributed by atoms with E-state index < -0.39 is 6.10 Å². The molecule has 8 nitrogen and oxygen atoms in total. The zero-order chi connectivity index (χ0) is 16.7. The first-order valence-electron chi connectivity index (χ1n) is 8.36. The Labute approximate surface area is 139 Å². The molecular formula is C16H20N4O4. The molecule has 24 heavy (non-hydrogen) atoms. The summed E-state index contributed by atoms with van der Waals surface area (Å²) in [6.45, 7) is 4.72. The molecule has 2 fully saturated rings. The molecule has 4 rings (SSSR count). The van der Waals surface area contributed by atoms with Crippen LogP contribution < -0.4 is 0 Å². The van der Waals surface area contributed by atoms with Crippen molar-refractivity contribution < 1.29 is 18.5 Å². The van der Waals surface area contributed by atoms with Crippen LogP contribution in [-0.4, -0.2) is 45.1 Å². The molecule has 0 radical (unpaired) electrons. The van der Waals surface area contributed by atoms with E-state index in [0.717, 1.165) is 18.7 Å². The average Bonchev–Trinajstić information content (AvgIpc) is 3.13. The van der Waals surface area contributed by atoms with Crippen LogP contribution in [0.25, 0.3) is 0 Å². The highest BCUT2D eigenvalue weighted by Crippen LogP contribution is 2.39. The molecule has 2 aromatic heterocycles. The molecule has 1 aliphatic heterocycles. The zero-order valence-electron chi connectivity index (χ0n) is 13.8. The Morgan fingerprint density at radius 1 is 1.38 bits per heavy atom. The minimum atomic E-state index is -0.408. The molecule has 0 aromatic carbocycles. The molecule has 2 aromatic rings. The molecule has 1 saturated carbocycles. The van der Waals surface area contributed by atoms with Crippen molar-refractivity contribution >= 4 is 5.91 Å². The van der Waals surface area contributed by atoms with Crippen LogP contribution in [0.15, 0.2) is 15.3 Å². The Kier molecular flexibility index (Phi) is 3.84. The number of hydrogen-bond donors (Lipinski definition) is 0. The summed E-state index contributed by atoms with van der Waals surface area (Å²) in [6, 6.07) is 0. The predicted octanol–water partition coefficient (Wildman–Crippen LogP) is 2.10. The summed E-state index contributed by atoms with van der Waals surface area (Å²) in [4.78, 5) is 23.0. The zero-order valence-corrected chi connectivity index (χ0v) is 13.8. The molecule has 1 saturated heterocycles. The van der Waals surface area contributed by atoms with E-state index in [4.69, 9.17) is 13.7 Å². The SMILES string of the molecule is CCc1ocnc1C(=O)N1C[C@@H](C)O[C@@H](c2nc(C3CC3)no2)C1. The second-order valence-corrected chi connectivity index (χ2v) is 6.39. The molecule has 128 valence electrons. The summed E-state index contributed by atoms with van der Waals surface area (Å²) in [5.41, 5.74) is 0.370. The lowest BCUT2D eigenvalue weighted by Crippen LogP contribution is -2.46. The van der Waals surface area contributed by atoms with Gasteiger partial charge in [0.15, 0.2) is 24.0 Å². The van der Waals surface area contributed by atoms with Crippen LogP contribution in [0.4, 0.5) is 0 Å². The van der Waals surface area contributed by atoms with E-state index >= 15 is 0 Å². The first kappa shape index (κ1) is 15.3. The fraction of sp³-hybridized carbons (Fsp3) is 0.625. The third-order valence-electron chi connectivity index (χ3n) is 4.39. The van der Waals surface area contributed by atoms with Crippen LogP contribution >= 0.6 is 0 Å². The lowest BCUT2D eigenvalue weighted by molar-refractivity contribution is -0.0811. The normalized spacial score (nSPS) is 24.3. The summed E-state index contributed by atoms with van der Waals surface area (Å²) < 4.78 is 16.5. The van der Waals surface area contributed by atoms with Crippen molar-refractivity contribution in [3.63, 3.8) is 0 Å². The third kappa shape index (κ3) is 2.82. The topological polar surface area (TPSA) is 94.5 Å². The minimum Gasteiger partial charge on any atom is -0.448 e. The Bertz CT molecular complexity index is 736. The maximum absolute atomic E-state index is 12.8. The standard InChI is InChI=1S/C16H20N4O4/c1-3-11-13(17-8-22-11)16(21)20-6-9(2)23-12(7-20)15-18-14(19-24-15)10-4-5-10/h8-10,12H,3-7H2,1-2H3/t9-,12-/m1/s1. The summed E-state index contributed by atoms with van der Waals surface area (Å²) >= 11 is 0. The minimum absolute atomic E-state index is 0.124. The van der Waals surface area contributed by atoms with Crippen LogP contribution in [-0.2, 0) is 11.2 Å². The number of carbonyl (C=O) groups excluding carboxylic acids is 1. The van der Waals surface area contributed by atoms with Crippen LogP contribution in [0.3, 0.4) is 0 Å². The van der Waals surface area contributed by atoms with E-state index in [0.29, 0.717) is 42.8 Å². The van der Waals surface area contributed by atoms with E-state index in [1.807, 2.05) is 13.8 Å². The molecule has 0 unspecified atom stereocenters. The molecule has 0 spiro atoms. The summed E-state index contributed by atoms with van der Waals surface area (Å²) in [5.74, 6) is 2.06. The number of amides is 1. The van der Waals surface area contributed by atoms with E-state index in [2.05, 4.69) is 15.1 Å². The molecular weight excluding hydrogens is 312 g/mol. The van der Waals surface area contributed by atoms with Crippen molar-refractivity contribution in [1.82, 2.24) is 20.0 Å². The monoisotopic (exact) mass is 332 g/mol. The Hall–Kier alpha value is -2.22. The van der Waals surface area contributed by atoms with Gasteiger partial charge in [0.05, 0.1) is 12.6 Å². The highest BCUT2D eigenvalue weighted by Gasteiger charge is 2.36. The number of hydrogen-bond acceptors (Lipinski definition) is 7. The Morgan fingerprint density at radius 2 is 2.21 bits per heavy atom. The van der Waals surface area contributed by atoms with E-state index in [1.54, 1.807) is 4.90 Å². The van der Waals surface area contributed by atoms with Gasteiger partial charge in [-0.3, -0.25) is 4.79 Å². The summed E-state index contributed by atoms with van der Waals surface area (Å²) in [6.07, 6.45) is 3.62. The highest BCUT2D eigenvalue weighted by molar-refractivity contribution is 5.93. The number of oxazole rings is 1. The van der Waals surface area contributed by atoms with Gasteiger partial charge in [-0.05, 0) is 19.8 Å². The van der Waals surface area contributed by atoms with Gasteiger partial charge < -0.3 is 18.6 Å². The molecule has 3 heterocycles. The van der Waals surface area contributed by atoms with E-state index in [-0.39, 0.29) is 12.0 Å². The largest absolute Gasteiger partial charge is 0.448 e. The van der Waals surface area contributed by atoms with Crippen molar-refractivity contribution in [2.45, 2.75) is 51.2 Å². The number of morpholine rings is 1. The fourth-order valence-corrected chi connectivity index (χ4v) is 2.98. The smallest absolute Gasteiger partial charge is 0.276 e. The van der Waals surface area contributed by atoms with Gasteiger partial charge in [-0.25, -0.2) is 4.98 Å². The molecule has 0 bridgehead atoms.